The van der Waals surface area contributed by atoms with Gasteiger partial charge in [-0.05, 0) is 19.1 Å². The number of para-hydroxylation sites is 1. The summed E-state index contributed by atoms with van der Waals surface area (Å²) < 4.78 is 5.31. The summed E-state index contributed by atoms with van der Waals surface area (Å²) in [7, 11) is 1.65. The average Bonchev–Trinajstić information content (AvgIpc) is 2.42. The predicted molar refractivity (Wildman–Crippen MR) is 71.7 cm³/mol. The van der Waals surface area contributed by atoms with Crippen LogP contribution < -0.4 is 16.0 Å². The first-order chi connectivity index (χ1) is 8.74. The van der Waals surface area contributed by atoms with Crippen molar-refractivity contribution in [1.82, 2.24) is 9.97 Å². The third kappa shape index (κ3) is 2.72. The van der Waals surface area contributed by atoms with Crippen LogP contribution in [0.2, 0.25) is 0 Å². The van der Waals surface area contributed by atoms with Crippen LogP contribution in [-0.4, -0.2) is 17.1 Å². The molecule has 2 rings (SSSR count). The Morgan fingerprint density at radius 2 is 2.11 bits per heavy atom. The minimum Gasteiger partial charge on any atom is -0.496 e. The van der Waals surface area contributed by atoms with E-state index in [0.717, 1.165) is 21.2 Å². The maximum Gasteiger partial charge on any atom is 0.238 e. The first-order valence-electron chi connectivity index (χ1n) is 5.35. The molecular formula is C12H14N4OS. The largest absolute Gasteiger partial charge is 0.496 e. The van der Waals surface area contributed by atoms with Crippen LogP contribution in [0.5, 0.6) is 5.75 Å². The van der Waals surface area contributed by atoms with Crippen LogP contribution in [0.15, 0.2) is 40.4 Å². The number of aromatic nitrogens is 2. The lowest BCUT2D eigenvalue weighted by Crippen LogP contribution is -2.10. The molecule has 94 valence electrons. The molecule has 0 amide bonds. The maximum absolute atomic E-state index is 5.31. The zero-order valence-electron chi connectivity index (χ0n) is 10.2. The number of hydrogen-bond donors (Lipinski definition) is 2. The number of ether oxygens (including phenoxy) is 1. The molecule has 0 saturated heterocycles. The average molecular weight is 262 g/mol. The van der Waals surface area contributed by atoms with Gasteiger partial charge in [0.25, 0.3) is 0 Å². The van der Waals surface area contributed by atoms with Crippen LogP contribution in [0.25, 0.3) is 0 Å². The minimum absolute atomic E-state index is 0.401. The lowest BCUT2D eigenvalue weighted by atomic mass is 10.3. The highest BCUT2D eigenvalue weighted by Crippen LogP contribution is 2.35. The molecular weight excluding hydrogens is 248 g/mol. The molecule has 18 heavy (non-hydrogen) atoms. The Hall–Kier alpha value is -1.79. The fourth-order valence-corrected chi connectivity index (χ4v) is 2.36. The third-order valence-electron chi connectivity index (χ3n) is 2.33. The van der Waals surface area contributed by atoms with Crippen LogP contribution in [0, 0.1) is 6.92 Å². The lowest BCUT2D eigenvalue weighted by Gasteiger charge is -2.09. The molecule has 0 spiro atoms. The topological polar surface area (TPSA) is 73.1 Å². The molecule has 0 atom stereocenters. The molecule has 0 aliphatic rings. The van der Waals surface area contributed by atoms with Crippen LogP contribution in [0.3, 0.4) is 0 Å². The molecule has 0 fully saturated rings. The summed E-state index contributed by atoms with van der Waals surface area (Å²) in [5.41, 5.74) is 3.43. The highest BCUT2D eigenvalue weighted by atomic mass is 32.2. The number of hydrazine groups is 1. The Balaban J connectivity index is 2.33. The van der Waals surface area contributed by atoms with Gasteiger partial charge >= 0.3 is 0 Å². The molecule has 1 heterocycles. The second-order valence-corrected chi connectivity index (χ2v) is 4.61. The molecule has 2 aromatic rings. The summed E-state index contributed by atoms with van der Waals surface area (Å²) in [6.07, 6.45) is 1.74. The monoisotopic (exact) mass is 262 g/mol. The van der Waals surface area contributed by atoms with Gasteiger partial charge in [-0.1, -0.05) is 23.9 Å². The summed E-state index contributed by atoms with van der Waals surface area (Å²) in [5.74, 6) is 6.53. The van der Waals surface area contributed by atoms with E-state index in [1.807, 2.05) is 31.2 Å². The summed E-state index contributed by atoms with van der Waals surface area (Å²) in [4.78, 5) is 9.38. The first kappa shape index (κ1) is 12.7. The van der Waals surface area contributed by atoms with Gasteiger partial charge in [0.15, 0.2) is 0 Å². The minimum atomic E-state index is 0.401. The van der Waals surface area contributed by atoms with Crippen molar-refractivity contribution >= 4 is 17.7 Å². The summed E-state index contributed by atoms with van der Waals surface area (Å²) in [5, 5.41) is 0.849. The SMILES string of the molecule is COc1ccccc1Sc1nc(NN)ncc1C. The van der Waals surface area contributed by atoms with Gasteiger partial charge in [-0.2, -0.15) is 0 Å². The second kappa shape index (κ2) is 5.70. The molecule has 0 aliphatic carbocycles. The van der Waals surface area contributed by atoms with Gasteiger partial charge in [-0.25, -0.2) is 15.8 Å². The Morgan fingerprint density at radius 1 is 1.33 bits per heavy atom. The molecule has 5 nitrogen and oxygen atoms in total. The highest BCUT2D eigenvalue weighted by molar-refractivity contribution is 7.99. The molecule has 0 aliphatic heterocycles. The number of nitrogens with one attached hydrogen (secondary N) is 1. The van der Waals surface area contributed by atoms with E-state index in [1.54, 1.807) is 13.3 Å². The van der Waals surface area contributed by atoms with E-state index in [4.69, 9.17) is 10.6 Å². The standard InChI is InChI=1S/C12H14N4OS/c1-8-7-14-12(16-13)15-11(8)18-10-6-4-3-5-9(10)17-2/h3-7H,13H2,1-2H3,(H,14,15,16). The van der Waals surface area contributed by atoms with Crippen molar-refractivity contribution in [2.75, 3.05) is 12.5 Å². The van der Waals surface area contributed by atoms with Crippen molar-refractivity contribution in [3.63, 3.8) is 0 Å². The number of rotatable bonds is 4. The zero-order chi connectivity index (χ0) is 13.0. The van der Waals surface area contributed by atoms with E-state index >= 15 is 0 Å². The Bertz CT molecular complexity index is 547. The number of nitrogens with two attached hydrogens (primary N) is 1. The van der Waals surface area contributed by atoms with E-state index in [-0.39, 0.29) is 0 Å². The van der Waals surface area contributed by atoms with Crippen molar-refractivity contribution in [2.45, 2.75) is 16.8 Å². The van der Waals surface area contributed by atoms with Gasteiger partial charge in [0.1, 0.15) is 10.8 Å². The molecule has 3 N–H and O–H groups in total. The second-order valence-electron chi connectivity index (χ2n) is 3.58. The smallest absolute Gasteiger partial charge is 0.238 e. The van der Waals surface area contributed by atoms with Crippen molar-refractivity contribution < 1.29 is 4.74 Å². The molecule has 0 saturated carbocycles. The lowest BCUT2D eigenvalue weighted by molar-refractivity contribution is 0.405. The summed E-state index contributed by atoms with van der Waals surface area (Å²) >= 11 is 1.52. The number of aryl methyl sites for hydroxylation is 1. The van der Waals surface area contributed by atoms with Crippen LogP contribution in [0.1, 0.15) is 5.56 Å². The number of nitrogen functional groups attached to an aromatic ring is 1. The van der Waals surface area contributed by atoms with Crippen molar-refractivity contribution in [2.24, 2.45) is 5.84 Å². The van der Waals surface area contributed by atoms with E-state index in [1.165, 1.54) is 11.8 Å². The van der Waals surface area contributed by atoms with Gasteiger partial charge in [-0.15, -0.1) is 0 Å². The van der Waals surface area contributed by atoms with Crippen molar-refractivity contribution in [1.29, 1.82) is 0 Å². The third-order valence-corrected chi connectivity index (χ3v) is 3.49. The van der Waals surface area contributed by atoms with E-state index in [9.17, 15) is 0 Å². The molecule has 1 aromatic heterocycles. The Labute approximate surface area is 110 Å². The van der Waals surface area contributed by atoms with Gasteiger partial charge in [-0.3, -0.25) is 5.43 Å². The fraction of sp³-hybridized carbons (Fsp3) is 0.167. The molecule has 1 aromatic carbocycles. The normalized spacial score (nSPS) is 10.2. The van der Waals surface area contributed by atoms with Gasteiger partial charge in [0.05, 0.1) is 12.0 Å². The molecule has 0 unspecified atom stereocenters. The predicted octanol–water partition coefficient (Wildman–Crippen LogP) is 2.23. The Morgan fingerprint density at radius 3 is 2.83 bits per heavy atom. The highest BCUT2D eigenvalue weighted by Gasteiger charge is 2.09. The van der Waals surface area contributed by atoms with Crippen LogP contribution >= 0.6 is 11.8 Å². The van der Waals surface area contributed by atoms with Crippen LogP contribution in [-0.2, 0) is 0 Å². The van der Waals surface area contributed by atoms with Gasteiger partial charge in [0.2, 0.25) is 5.95 Å². The molecule has 0 bridgehead atoms. The number of anilines is 1. The van der Waals surface area contributed by atoms with Gasteiger partial charge in [0, 0.05) is 11.8 Å². The first-order valence-corrected chi connectivity index (χ1v) is 6.17. The number of methoxy groups -OCH3 is 1. The molecule has 6 heteroatoms. The fourth-order valence-electron chi connectivity index (χ4n) is 1.41. The maximum atomic E-state index is 5.31. The number of nitrogens with zero attached hydrogens (tertiary/aromatic N) is 2. The van der Waals surface area contributed by atoms with Gasteiger partial charge < -0.3 is 4.74 Å². The van der Waals surface area contributed by atoms with Crippen molar-refractivity contribution in [3.8, 4) is 5.75 Å². The quantitative estimate of drug-likeness (QED) is 0.500. The summed E-state index contributed by atoms with van der Waals surface area (Å²) in [6.45, 7) is 1.96. The summed E-state index contributed by atoms with van der Waals surface area (Å²) in [6, 6.07) is 7.80. The van der Waals surface area contributed by atoms with Crippen LogP contribution in [0.4, 0.5) is 5.95 Å². The molecule has 0 radical (unpaired) electrons. The number of hydrogen-bond acceptors (Lipinski definition) is 6. The number of benzene rings is 1. The zero-order valence-corrected chi connectivity index (χ0v) is 11.0. The Kier molecular flexibility index (Phi) is 4.01. The van der Waals surface area contributed by atoms with E-state index in [0.29, 0.717) is 5.95 Å². The van der Waals surface area contributed by atoms with E-state index in [2.05, 4.69) is 15.4 Å². The van der Waals surface area contributed by atoms with E-state index < -0.39 is 0 Å². The van der Waals surface area contributed by atoms with Crippen molar-refractivity contribution in [3.05, 3.63) is 36.0 Å².